The number of fused-ring (bicyclic) bond motifs is 1. The molecule has 1 aliphatic heterocycles. The first kappa shape index (κ1) is 15.1. The molecule has 2 heterocycles. The summed E-state index contributed by atoms with van der Waals surface area (Å²) in [5.41, 5.74) is 8.46. The van der Waals surface area contributed by atoms with Gasteiger partial charge >= 0.3 is 0 Å². The van der Waals surface area contributed by atoms with Gasteiger partial charge in [-0.25, -0.2) is 4.98 Å². The minimum absolute atomic E-state index is 0.0851. The maximum absolute atomic E-state index is 13.1. The molecule has 2 N–H and O–H groups in total. The average molecular weight is 332 g/mol. The quantitative estimate of drug-likeness (QED) is 0.797. The Morgan fingerprint density at radius 3 is 2.40 bits per heavy atom. The van der Waals surface area contributed by atoms with E-state index in [-0.39, 0.29) is 24.5 Å². The lowest BCUT2D eigenvalue weighted by atomic mass is 10.0. The summed E-state index contributed by atoms with van der Waals surface area (Å²) in [6, 6.07) is 19.2. The highest BCUT2D eigenvalue weighted by Gasteiger charge is 2.31. The second-order valence-electron chi connectivity index (χ2n) is 5.74. The van der Waals surface area contributed by atoms with E-state index in [1.807, 2.05) is 60.7 Å². The van der Waals surface area contributed by atoms with E-state index in [9.17, 15) is 4.79 Å². The number of anilines is 1. The molecule has 6 heteroatoms. The van der Waals surface area contributed by atoms with Crippen LogP contribution in [0.5, 0.6) is 5.88 Å². The summed E-state index contributed by atoms with van der Waals surface area (Å²) in [5, 5.41) is 0. The van der Waals surface area contributed by atoms with Crippen LogP contribution >= 0.6 is 0 Å². The molecule has 1 amide bonds. The zero-order valence-corrected chi connectivity index (χ0v) is 13.4. The number of rotatable bonds is 3. The predicted octanol–water partition coefficient (Wildman–Crippen LogP) is 2.72. The number of carbonyl (C=O) groups excluding carboxylic acids is 1. The van der Waals surface area contributed by atoms with Gasteiger partial charge < -0.3 is 15.4 Å². The molecule has 1 aromatic heterocycles. The Labute approximate surface area is 144 Å². The standard InChI is InChI=1S/C19H16N4O2/c20-19-21-16(14-9-5-2-6-10-14)15-17(22-19)25-12-23(18(15)24)11-13-7-3-1-4-8-13/h1-10H,11-12H2,(H2,20,21,22). The normalized spacial score (nSPS) is 13.3. The van der Waals surface area contributed by atoms with Crippen molar-refractivity contribution in [1.29, 1.82) is 0 Å². The van der Waals surface area contributed by atoms with Crippen LogP contribution in [0, 0.1) is 0 Å². The van der Waals surface area contributed by atoms with Gasteiger partial charge in [-0.2, -0.15) is 4.98 Å². The monoisotopic (exact) mass is 332 g/mol. The highest BCUT2D eigenvalue weighted by Crippen LogP contribution is 2.32. The molecule has 2 aromatic carbocycles. The lowest BCUT2D eigenvalue weighted by molar-refractivity contribution is 0.0486. The Bertz CT molecular complexity index is 913. The highest BCUT2D eigenvalue weighted by molar-refractivity contribution is 6.02. The Hall–Kier alpha value is -3.41. The molecule has 124 valence electrons. The Balaban J connectivity index is 1.75. The zero-order valence-electron chi connectivity index (χ0n) is 13.4. The molecular weight excluding hydrogens is 316 g/mol. The van der Waals surface area contributed by atoms with Crippen LogP contribution in [0.25, 0.3) is 11.3 Å². The first-order valence-corrected chi connectivity index (χ1v) is 7.91. The fourth-order valence-corrected chi connectivity index (χ4v) is 2.84. The minimum atomic E-state index is -0.163. The third-order valence-electron chi connectivity index (χ3n) is 4.01. The summed E-state index contributed by atoms with van der Waals surface area (Å²) in [5.74, 6) is 0.159. The Morgan fingerprint density at radius 1 is 1.00 bits per heavy atom. The van der Waals surface area contributed by atoms with E-state index in [2.05, 4.69) is 9.97 Å². The molecule has 0 spiro atoms. The van der Waals surface area contributed by atoms with Gasteiger partial charge in [0.1, 0.15) is 5.56 Å². The smallest absolute Gasteiger partial charge is 0.264 e. The number of aromatic nitrogens is 2. The van der Waals surface area contributed by atoms with E-state index < -0.39 is 0 Å². The van der Waals surface area contributed by atoms with Crippen LogP contribution in [0.15, 0.2) is 60.7 Å². The molecule has 0 radical (unpaired) electrons. The number of hydrogen-bond acceptors (Lipinski definition) is 5. The molecule has 6 nitrogen and oxygen atoms in total. The van der Waals surface area contributed by atoms with Crippen LogP contribution in [-0.4, -0.2) is 27.5 Å². The minimum Gasteiger partial charge on any atom is -0.455 e. The summed E-state index contributed by atoms with van der Waals surface area (Å²) in [7, 11) is 0. The van der Waals surface area contributed by atoms with Crippen molar-refractivity contribution in [2.75, 3.05) is 12.5 Å². The van der Waals surface area contributed by atoms with Crippen molar-refractivity contribution in [2.45, 2.75) is 6.54 Å². The summed E-state index contributed by atoms with van der Waals surface area (Å²) in [6.07, 6.45) is 0. The predicted molar refractivity (Wildman–Crippen MR) is 93.7 cm³/mol. The van der Waals surface area contributed by atoms with Gasteiger partial charge in [0.2, 0.25) is 11.8 Å². The van der Waals surface area contributed by atoms with E-state index in [0.717, 1.165) is 11.1 Å². The van der Waals surface area contributed by atoms with E-state index >= 15 is 0 Å². The molecule has 0 saturated carbocycles. The molecular formula is C19H16N4O2. The molecule has 0 bridgehead atoms. The SMILES string of the molecule is Nc1nc2c(c(-c3ccccc3)n1)C(=O)N(Cc1ccccc1)CO2. The van der Waals surface area contributed by atoms with Crippen molar-refractivity contribution in [3.05, 3.63) is 71.8 Å². The number of amides is 1. The van der Waals surface area contributed by atoms with E-state index in [1.165, 1.54) is 0 Å². The van der Waals surface area contributed by atoms with Gasteiger partial charge in [0.05, 0.1) is 5.69 Å². The van der Waals surface area contributed by atoms with Crippen LogP contribution in [0.2, 0.25) is 0 Å². The molecule has 1 aliphatic rings. The van der Waals surface area contributed by atoms with Gasteiger partial charge in [0, 0.05) is 12.1 Å². The number of nitrogens with zero attached hydrogens (tertiary/aromatic N) is 3. The molecule has 25 heavy (non-hydrogen) atoms. The largest absolute Gasteiger partial charge is 0.455 e. The maximum Gasteiger partial charge on any atom is 0.264 e. The van der Waals surface area contributed by atoms with Gasteiger partial charge in [0.15, 0.2) is 6.73 Å². The van der Waals surface area contributed by atoms with Crippen molar-refractivity contribution >= 4 is 11.9 Å². The molecule has 4 rings (SSSR count). The molecule has 3 aromatic rings. The van der Waals surface area contributed by atoms with Crippen molar-refractivity contribution in [3.63, 3.8) is 0 Å². The average Bonchev–Trinajstić information content (AvgIpc) is 2.65. The summed E-state index contributed by atoms with van der Waals surface area (Å²) in [6.45, 7) is 0.586. The topological polar surface area (TPSA) is 81.3 Å². The van der Waals surface area contributed by atoms with E-state index in [1.54, 1.807) is 4.90 Å². The zero-order chi connectivity index (χ0) is 17.2. The number of carbonyl (C=O) groups is 1. The van der Waals surface area contributed by atoms with Crippen molar-refractivity contribution in [3.8, 4) is 17.1 Å². The van der Waals surface area contributed by atoms with Crippen molar-refractivity contribution < 1.29 is 9.53 Å². The number of hydrogen-bond donors (Lipinski definition) is 1. The summed E-state index contributed by atoms with van der Waals surface area (Å²) < 4.78 is 5.70. The van der Waals surface area contributed by atoms with Crippen molar-refractivity contribution in [2.24, 2.45) is 0 Å². The van der Waals surface area contributed by atoms with Gasteiger partial charge in [-0.15, -0.1) is 0 Å². The van der Waals surface area contributed by atoms with Gasteiger partial charge in [-0.05, 0) is 5.56 Å². The fourth-order valence-electron chi connectivity index (χ4n) is 2.84. The second-order valence-corrected chi connectivity index (χ2v) is 5.74. The third kappa shape index (κ3) is 2.89. The first-order valence-electron chi connectivity index (χ1n) is 7.91. The van der Waals surface area contributed by atoms with Crippen LogP contribution in [0.1, 0.15) is 15.9 Å². The molecule has 0 saturated heterocycles. The number of ether oxygens (including phenoxy) is 1. The van der Waals surface area contributed by atoms with E-state index in [4.69, 9.17) is 10.5 Å². The second kappa shape index (κ2) is 6.24. The van der Waals surface area contributed by atoms with Gasteiger partial charge in [-0.3, -0.25) is 4.79 Å². The Kier molecular flexibility index (Phi) is 3.78. The van der Waals surface area contributed by atoms with Crippen LogP contribution < -0.4 is 10.5 Å². The maximum atomic E-state index is 13.1. The third-order valence-corrected chi connectivity index (χ3v) is 4.01. The number of nitrogens with two attached hydrogens (primary N) is 1. The van der Waals surface area contributed by atoms with Gasteiger partial charge in [0.25, 0.3) is 5.91 Å². The van der Waals surface area contributed by atoms with Crippen LogP contribution in [0.4, 0.5) is 5.95 Å². The lowest BCUT2D eigenvalue weighted by Crippen LogP contribution is -2.39. The lowest BCUT2D eigenvalue weighted by Gasteiger charge is -2.29. The van der Waals surface area contributed by atoms with Crippen LogP contribution in [-0.2, 0) is 6.54 Å². The Morgan fingerprint density at radius 2 is 1.68 bits per heavy atom. The van der Waals surface area contributed by atoms with E-state index in [0.29, 0.717) is 17.8 Å². The molecule has 0 unspecified atom stereocenters. The molecule has 0 atom stereocenters. The summed E-state index contributed by atoms with van der Waals surface area (Å²) in [4.78, 5) is 23.1. The van der Waals surface area contributed by atoms with Crippen LogP contribution in [0.3, 0.4) is 0 Å². The first-order chi connectivity index (χ1) is 12.2. The molecule has 0 aliphatic carbocycles. The number of nitrogen functional groups attached to an aromatic ring is 1. The number of benzene rings is 2. The van der Waals surface area contributed by atoms with Crippen molar-refractivity contribution in [1.82, 2.24) is 14.9 Å². The molecule has 0 fully saturated rings. The fraction of sp³-hybridized carbons (Fsp3) is 0.105. The van der Waals surface area contributed by atoms with Gasteiger partial charge in [-0.1, -0.05) is 60.7 Å². The summed E-state index contributed by atoms with van der Waals surface area (Å²) >= 11 is 0. The highest BCUT2D eigenvalue weighted by atomic mass is 16.5.